The van der Waals surface area contributed by atoms with Crippen molar-refractivity contribution in [3.05, 3.63) is 5.51 Å². The third kappa shape index (κ3) is 3.93. The van der Waals surface area contributed by atoms with Crippen molar-refractivity contribution < 1.29 is 9.53 Å². The second-order valence-corrected chi connectivity index (χ2v) is 6.43. The average molecular weight is 275 g/mol. The van der Waals surface area contributed by atoms with Crippen molar-refractivity contribution in [3.63, 3.8) is 0 Å². The summed E-state index contributed by atoms with van der Waals surface area (Å²) in [6.45, 7) is 3.90. The van der Waals surface area contributed by atoms with Crippen LogP contribution < -0.4 is 5.32 Å². The summed E-state index contributed by atoms with van der Waals surface area (Å²) in [7, 11) is 3.17. The third-order valence-electron chi connectivity index (χ3n) is 2.53. The first kappa shape index (κ1) is 14.4. The molecule has 1 aromatic heterocycles. The lowest BCUT2D eigenvalue weighted by atomic mass is 9.96. The molecule has 0 spiro atoms. The molecule has 96 valence electrons. The lowest BCUT2D eigenvalue weighted by Gasteiger charge is -2.28. The van der Waals surface area contributed by atoms with Gasteiger partial charge in [-0.25, -0.2) is 0 Å². The Bertz CT molecular complexity index is 358. The fourth-order valence-electron chi connectivity index (χ4n) is 1.52. The number of ether oxygens (including phenoxy) is 1. The highest BCUT2D eigenvalue weighted by Crippen LogP contribution is 2.29. The zero-order valence-electron chi connectivity index (χ0n) is 10.4. The van der Waals surface area contributed by atoms with E-state index in [1.54, 1.807) is 24.3 Å². The number of hydrogen-bond acceptors (Lipinski definition) is 7. The molecule has 0 bridgehead atoms. The van der Waals surface area contributed by atoms with E-state index in [1.807, 2.05) is 6.92 Å². The Labute approximate surface area is 109 Å². The number of carbonyl (C=O) groups excluding carboxylic acids is 1. The molecule has 1 heterocycles. The van der Waals surface area contributed by atoms with Gasteiger partial charge in [-0.1, -0.05) is 30.0 Å². The number of aromatic nitrogens is 2. The van der Waals surface area contributed by atoms with Crippen molar-refractivity contribution in [2.75, 3.05) is 14.2 Å². The SMILES string of the molecule is CNC(C)(CC(C)Sc1nncs1)C(=O)OC. The topological polar surface area (TPSA) is 64.1 Å². The van der Waals surface area contributed by atoms with E-state index in [-0.39, 0.29) is 11.2 Å². The fraction of sp³-hybridized carbons (Fsp3) is 0.700. The van der Waals surface area contributed by atoms with Crippen LogP contribution in [0.2, 0.25) is 0 Å². The molecule has 0 aromatic carbocycles. The maximum atomic E-state index is 11.7. The molecule has 0 radical (unpaired) electrons. The molecule has 0 aliphatic carbocycles. The van der Waals surface area contributed by atoms with Gasteiger partial charge in [-0.3, -0.25) is 4.79 Å². The van der Waals surface area contributed by atoms with Crippen molar-refractivity contribution in [1.29, 1.82) is 0 Å². The molecule has 0 saturated carbocycles. The standard InChI is InChI=1S/C10H17N3O2S2/c1-7(17-9-13-12-6-16-9)5-10(2,11-3)8(14)15-4/h6-7,11H,5H2,1-4H3. The molecule has 0 amide bonds. The Morgan fingerprint density at radius 1 is 1.76 bits per heavy atom. The number of hydrogen-bond donors (Lipinski definition) is 1. The Balaban J connectivity index is 2.59. The minimum absolute atomic E-state index is 0.246. The number of rotatable bonds is 6. The molecule has 1 N–H and O–H groups in total. The van der Waals surface area contributed by atoms with E-state index in [0.717, 1.165) is 4.34 Å². The van der Waals surface area contributed by atoms with E-state index in [4.69, 9.17) is 4.74 Å². The summed E-state index contributed by atoms with van der Waals surface area (Å²) in [4.78, 5) is 11.7. The average Bonchev–Trinajstić information content (AvgIpc) is 2.80. The molecular formula is C10H17N3O2S2. The Kier molecular flexibility index (Phi) is 5.35. The van der Waals surface area contributed by atoms with Crippen molar-refractivity contribution in [2.24, 2.45) is 0 Å². The molecule has 0 aliphatic heterocycles. The summed E-state index contributed by atoms with van der Waals surface area (Å²) in [5.41, 5.74) is 1.04. The van der Waals surface area contributed by atoms with Gasteiger partial charge in [0.25, 0.3) is 0 Å². The van der Waals surface area contributed by atoms with Crippen LogP contribution in [0.1, 0.15) is 20.3 Å². The maximum absolute atomic E-state index is 11.7. The molecule has 2 unspecified atom stereocenters. The van der Waals surface area contributed by atoms with E-state index in [9.17, 15) is 4.79 Å². The van der Waals surface area contributed by atoms with Gasteiger partial charge in [0.2, 0.25) is 0 Å². The second kappa shape index (κ2) is 6.32. The van der Waals surface area contributed by atoms with Crippen LogP contribution in [-0.4, -0.2) is 41.1 Å². The number of esters is 1. The number of likely N-dealkylation sites (N-methyl/N-ethyl adjacent to an activating group) is 1. The van der Waals surface area contributed by atoms with Gasteiger partial charge >= 0.3 is 5.97 Å². The zero-order chi connectivity index (χ0) is 12.9. The predicted molar refractivity (Wildman–Crippen MR) is 69.3 cm³/mol. The largest absolute Gasteiger partial charge is 0.468 e. The van der Waals surface area contributed by atoms with Crippen LogP contribution in [0.15, 0.2) is 9.85 Å². The van der Waals surface area contributed by atoms with E-state index < -0.39 is 5.54 Å². The van der Waals surface area contributed by atoms with E-state index in [2.05, 4.69) is 22.4 Å². The number of thioether (sulfide) groups is 1. The summed E-state index contributed by atoms with van der Waals surface area (Å²) in [6.07, 6.45) is 0.667. The smallest absolute Gasteiger partial charge is 0.325 e. The Hall–Kier alpha value is -0.660. The molecular weight excluding hydrogens is 258 g/mol. The number of carbonyl (C=O) groups is 1. The number of nitrogens with one attached hydrogen (secondary N) is 1. The highest BCUT2D eigenvalue weighted by atomic mass is 32.2. The molecule has 1 aromatic rings. The van der Waals surface area contributed by atoms with Gasteiger partial charge in [0.1, 0.15) is 11.0 Å². The van der Waals surface area contributed by atoms with Gasteiger partial charge in [0, 0.05) is 5.25 Å². The molecule has 0 aliphatic rings. The normalized spacial score (nSPS) is 16.2. The minimum Gasteiger partial charge on any atom is -0.468 e. The second-order valence-electron chi connectivity index (χ2n) is 3.91. The first-order valence-corrected chi connectivity index (χ1v) is 6.98. The number of nitrogens with zero attached hydrogens (tertiary/aromatic N) is 2. The van der Waals surface area contributed by atoms with Gasteiger partial charge in [0.05, 0.1) is 7.11 Å². The van der Waals surface area contributed by atoms with E-state index in [1.165, 1.54) is 18.4 Å². The van der Waals surface area contributed by atoms with Crippen molar-refractivity contribution in [1.82, 2.24) is 15.5 Å². The maximum Gasteiger partial charge on any atom is 0.325 e. The molecule has 0 saturated heterocycles. The zero-order valence-corrected chi connectivity index (χ0v) is 12.0. The fourth-order valence-corrected chi connectivity index (χ4v) is 3.49. The summed E-state index contributed by atoms with van der Waals surface area (Å²) >= 11 is 3.12. The van der Waals surface area contributed by atoms with Crippen LogP contribution in [-0.2, 0) is 9.53 Å². The van der Waals surface area contributed by atoms with Gasteiger partial charge < -0.3 is 10.1 Å². The van der Waals surface area contributed by atoms with Crippen LogP contribution in [0.4, 0.5) is 0 Å². The Morgan fingerprint density at radius 3 is 2.94 bits per heavy atom. The summed E-state index contributed by atoms with van der Waals surface area (Å²) < 4.78 is 5.72. The summed E-state index contributed by atoms with van der Waals surface area (Å²) in [5.74, 6) is -0.246. The monoisotopic (exact) mass is 275 g/mol. The lowest BCUT2D eigenvalue weighted by molar-refractivity contribution is -0.147. The molecule has 0 fully saturated rings. The van der Waals surface area contributed by atoms with Crippen molar-refractivity contribution >= 4 is 29.1 Å². The lowest BCUT2D eigenvalue weighted by Crippen LogP contribution is -2.49. The van der Waals surface area contributed by atoms with Crippen LogP contribution in [0.25, 0.3) is 0 Å². The molecule has 7 heteroatoms. The van der Waals surface area contributed by atoms with Gasteiger partial charge in [-0.15, -0.1) is 10.2 Å². The first-order valence-electron chi connectivity index (χ1n) is 5.22. The third-order valence-corrected chi connectivity index (χ3v) is 4.44. The molecule has 2 atom stereocenters. The molecule has 5 nitrogen and oxygen atoms in total. The van der Waals surface area contributed by atoms with Crippen molar-refractivity contribution in [3.8, 4) is 0 Å². The van der Waals surface area contributed by atoms with Gasteiger partial charge in [0.15, 0.2) is 4.34 Å². The van der Waals surface area contributed by atoms with Gasteiger partial charge in [-0.2, -0.15) is 0 Å². The quantitative estimate of drug-likeness (QED) is 0.628. The minimum atomic E-state index is -0.661. The van der Waals surface area contributed by atoms with Gasteiger partial charge in [-0.05, 0) is 20.4 Å². The summed E-state index contributed by atoms with van der Waals surface area (Å²) in [6, 6.07) is 0. The Morgan fingerprint density at radius 2 is 2.47 bits per heavy atom. The van der Waals surface area contributed by atoms with E-state index >= 15 is 0 Å². The summed E-state index contributed by atoms with van der Waals surface area (Å²) in [5, 5.41) is 11.0. The molecule has 1 rings (SSSR count). The van der Waals surface area contributed by atoms with Crippen LogP contribution in [0, 0.1) is 0 Å². The van der Waals surface area contributed by atoms with Crippen LogP contribution >= 0.6 is 23.1 Å². The van der Waals surface area contributed by atoms with Crippen LogP contribution in [0.3, 0.4) is 0 Å². The molecule has 17 heavy (non-hydrogen) atoms. The van der Waals surface area contributed by atoms with Crippen LogP contribution in [0.5, 0.6) is 0 Å². The highest BCUT2D eigenvalue weighted by molar-refractivity contribution is 8.01. The highest BCUT2D eigenvalue weighted by Gasteiger charge is 2.34. The van der Waals surface area contributed by atoms with Crippen molar-refractivity contribution in [2.45, 2.75) is 35.4 Å². The predicted octanol–water partition coefficient (Wildman–Crippen LogP) is 1.56. The van der Waals surface area contributed by atoms with E-state index in [0.29, 0.717) is 6.42 Å². The first-order chi connectivity index (χ1) is 8.01. The number of methoxy groups -OCH3 is 1.